The predicted octanol–water partition coefficient (Wildman–Crippen LogP) is 1.40. The molecule has 0 aliphatic carbocycles. The third-order valence-corrected chi connectivity index (χ3v) is 3.96. The molecule has 5 heteroatoms. The highest BCUT2D eigenvalue weighted by Crippen LogP contribution is 2.18. The molecule has 0 bridgehead atoms. The second kappa shape index (κ2) is 6.60. The SMILES string of the molecule is O=C(NC1CCSC1)c1ccc(F)cc1C#CCO. The average Bonchev–Trinajstić information content (AvgIpc) is 2.89. The van der Waals surface area contributed by atoms with E-state index in [2.05, 4.69) is 17.2 Å². The molecule has 1 unspecified atom stereocenters. The molecule has 0 spiro atoms. The van der Waals surface area contributed by atoms with Crippen molar-refractivity contribution >= 4 is 17.7 Å². The Kier molecular flexibility index (Phi) is 4.83. The van der Waals surface area contributed by atoms with Gasteiger partial charge >= 0.3 is 0 Å². The van der Waals surface area contributed by atoms with Gasteiger partial charge in [0.25, 0.3) is 5.91 Å². The van der Waals surface area contributed by atoms with Gasteiger partial charge in [-0.15, -0.1) is 0 Å². The van der Waals surface area contributed by atoms with E-state index < -0.39 is 5.82 Å². The summed E-state index contributed by atoms with van der Waals surface area (Å²) >= 11 is 1.80. The van der Waals surface area contributed by atoms with Crippen molar-refractivity contribution in [1.29, 1.82) is 0 Å². The summed E-state index contributed by atoms with van der Waals surface area (Å²) in [6.07, 6.45) is 0.954. The first kappa shape index (κ1) is 13.9. The first-order valence-electron chi connectivity index (χ1n) is 5.98. The summed E-state index contributed by atoms with van der Waals surface area (Å²) in [5, 5.41) is 11.6. The van der Waals surface area contributed by atoms with Crippen LogP contribution in [0.3, 0.4) is 0 Å². The normalized spacial score (nSPS) is 17.7. The van der Waals surface area contributed by atoms with E-state index in [1.165, 1.54) is 18.2 Å². The summed E-state index contributed by atoms with van der Waals surface area (Å²) in [7, 11) is 0. The molecule has 2 N–H and O–H groups in total. The van der Waals surface area contributed by atoms with Crippen LogP contribution in [-0.2, 0) is 0 Å². The summed E-state index contributed by atoms with van der Waals surface area (Å²) in [5.74, 6) is 6.30. The topological polar surface area (TPSA) is 49.3 Å². The molecule has 1 aliphatic rings. The maximum absolute atomic E-state index is 13.2. The minimum Gasteiger partial charge on any atom is -0.384 e. The predicted molar refractivity (Wildman–Crippen MR) is 73.6 cm³/mol. The monoisotopic (exact) mass is 279 g/mol. The third-order valence-electron chi connectivity index (χ3n) is 2.79. The van der Waals surface area contributed by atoms with Crippen molar-refractivity contribution in [2.24, 2.45) is 0 Å². The molecule has 3 nitrogen and oxygen atoms in total. The van der Waals surface area contributed by atoms with E-state index in [0.717, 1.165) is 17.9 Å². The molecule has 1 aliphatic heterocycles. The van der Waals surface area contributed by atoms with Gasteiger partial charge in [-0.25, -0.2) is 4.39 Å². The van der Waals surface area contributed by atoms with Gasteiger partial charge in [0.05, 0.1) is 5.56 Å². The van der Waals surface area contributed by atoms with Crippen LogP contribution in [0.1, 0.15) is 22.3 Å². The van der Waals surface area contributed by atoms with Crippen LogP contribution in [0.5, 0.6) is 0 Å². The lowest BCUT2D eigenvalue weighted by Crippen LogP contribution is -2.35. The van der Waals surface area contributed by atoms with Crippen molar-refractivity contribution < 1.29 is 14.3 Å². The largest absolute Gasteiger partial charge is 0.384 e. The van der Waals surface area contributed by atoms with Gasteiger partial charge in [0.15, 0.2) is 0 Å². The lowest BCUT2D eigenvalue weighted by molar-refractivity contribution is 0.0941. The number of carbonyl (C=O) groups is 1. The Morgan fingerprint density at radius 1 is 1.58 bits per heavy atom. The number of hydrogen-bond acceptors (Lipinski definition) is 3. The van der Waals surface area contributed by atoms with Gasteiger partial charge in [-0.1, -0.05) is 11.8 Å². The van der Waals surface area contributed by atoms with Gasteiger partial charge in [0.2, 0.25) is 0 Å². The standard InChI is InChI=1S/C14H14FNO2S/c15-11-3-4-13(10(8-11)2-1-6-17)14(18)16-12-5-7-19-9-12/h3-4,8,12,17H,5-7,9H2,(H,16,18). The first-order chi connectivity index (χ1) is 9.20. The molecule has 1 aromatic rings. The number of aliphatic hydroxyl groups is 1. The van der Waals surface area contributed by atoms with Crippen LogP contribution in [0.25, 0.3) is 0 Å². The molecule has 0 radical (unpaired) electrons. The molecule has 1 fully saturated rings. The van der Waals surface area contributed by atoms with Gasteiger partial charge in [-0.05, 0) is 30.4 Å². The Labute approximate surface area is 115 Å². The molecule has 1 heterocycles. The average molecular weight is 279 g/mol. The van der Waals surface area contributed by atoms with E-state index in [4.69, 9.17) is 5.11 Å². The second-order valence-corrected chi connectivity index (χ2v) is 5.33. The van der Waals surface area contributed by atoms with Crippen LogP contribution in [0.4, 0.5) is 4.39 Å². The zero-order valence-electron chi connectivity index (χ0n) is 10.3. The number of aliphatic hydroxyl groups excluding tert-OH is 1. The highest BCUT2D eigenvalue weighted by Gasteiger charge is 2.19. The lowest BCUT2D eigenvalue weighted by atomic mass is 10.1. The molecule has 0 aromatic heterocycles. The maximum atomic E-state index is 13.2. The van der Waals surface area contributed by atoms with Gasteiger partial charge < -0.3 is 10.4 Å². The summed E-state index contributed by atoms with van der Waals surface area (Å²) in [6, 6.07) is 4.04. The molecule has 1 saturated heterocycles. The van der Waals surface area contributed by atoms with Crippen LogP contribution in [0.2, 0.25) is 0 Å². The fourth-order valence-corrected chi connectivity index (χ4v) is 3.02. The Balaban J connectivity index is 2.19. The smallest absolute Gasteiger partial charge is 0.252 e. The van der Waals surface area contributed by atoms with Crippen LogP contribution in [-0.4, -0.2) is 35.2 Å². The Morgan fingerprint density at radius 3 is 3.11 bits per heavy atom. The number of hydrogen-bond donors (Lipinski definition) is 2. The molecule has 100 valence electrons. The molecular weight excluding hydrogens is 265 g/mol. The van der Waals surface area contributed by atoms with Gasteiger partial charge in [-0.3, -0.25) is 4.79 Å². The third kappa shape index (κ3) is 3.72. The van der Waals surface area contributed by atoms with Crippen molar-refractivity contribution in [2.75, 3.05) is 18.1 Å². The van der Waals surface area contributed by atoms with E-state index in [0.29, 0.717) is 11.1 Å². The quantitative estimate of drug-likeness (QED) is 0.805. The van der Waals surface area contributed by atoms with E-state index in [1.807, 2.05) is 0 Å². The second-order valence-electron chi connectivity index (χ2n) is 4.18. The van der Waals surface area contributed by atoms with E-state index in [-0.39, 0.29) is 18.6 Å². The van der Waals surface area contributed by atoms with Crippen molar-refractivity contribution in [3.8, 4) is 11.8 Å². The molecule has 1 aromatic carbocycles. The van der Waals surface area contributed by atoms with E-state index >= 15 is 0 Å². The van der Waals surface area contributed by atoms with E-state index in [9.17, 15) is 9.18 Å². The maximum Gasteiger partial charge on any atom is 0.252 e. The zero-order chi connectivity index (χ0) is 13.7. The summed E-state index contributed by atoms with van der Waals surface area (Å²) in [5.41, 5.74) is 0.649. The number of rotatable bonds is 2. The molecule has 1 atom stereocenters. The van der Waals surface area contributed by atoms with Crippen molar-refractivity contribution in [3.05, 3.63) is 35.1 Å². The van der Waals surface area contributed by atoms with Crippen molar-refractivity contribution in [1.82, 2.24) is 5.32 Å². The van der Waals surface area contributed by atoms with Gasteiger partial charge in [-0.2, -0.15) is 11.8 Å². The van der Waals surface area contributed by atoms with Crippen molar-refractivity contribution in [2.45, 2.75) is 12.5 Å². The number of thioether (sulfide) groups is 1. The fourth-order valence-electron chi connectivity index (χ4n) is 1.86. The van der Waals surface area contributed by atoms with E-state index in [1.54, 1.807) is 11.8 Å². The number of halogens is 1. The van der Waals surface area contributed by atoms with Crippen LogP contribution >= 0.6 is 11.8 Å². The number of amides is 1. The van der Waals surface area contributed by atoms with Crippen LogP contribution < -0.4 is 5.32 Å². The minimum atomic E-state index is -0.449. The Hall–Kier alpha value is -1.51. The zero-order valence-corrected chi connectivity index (χ0v) is 11.1. The lowest BCUT2D eigenvalue weighted by Gasteiger charge is -2.12. The van der Waals surface area contributed by atoms with Gasteiger partial charge in [0, 0.05) is 17.4 Å². The summed E-state index contributed by atoms with van der Waals surface area (Å²) < 4.78 is 13.2. The molecular formula is C14H14FNO2S. The summed E-state index contributed by atoms with van der Waals surface area (Å²) in [4.78, 5) is 12.1. The minimum absolute atomic E-state index is 0.168. The molecule has 2 rings (SSSR count). The highest BCUT2D eigenvalue weighted by atomic mass is 32.2. The Bertz CT molecular complexity index is 530. The molecule has 0 saturated carbocycles. The van der Waals surface area contributed by atoms with Gasteiger partial charge in [0.1, 0.15) is 12.4 Å². The van der Waals surface area contributed by atoms with Crippen molar-refractivity contribution in [3.63, 3.8) is 0 Å². The number of benzene rings is 1. The summed E-state index contributed by atoms with van der Waals surface area (Å²) in [6.45, 7) is -0.323. The fraction of sp³-hybridized carbons (Fsp3) is 0.357. The molecule has 1 amide bonds. The molecule has 19 heavy (non-hydrogen) atoms. The highest BCUT2D eigenvalue weighted by molar-refractivity contribution is 7.99. The number of carbonyl (C=O) groups excluding carboxylic acids is 1. The number of nitrogens with one attached hydrogen (secondary N) is 1. The van der Waals surface area contributed by atoms with Crippen LogP contribution in [0, 0.1) is 17.7 Å². The first-order valence-corrected chi connectivity index (χ1v) is 7.14. The van der Waals surface area contributed by atoms with Crippen LogP contribution in [0.15, 0.2) is 18.2 Å². The Morgan fingerprint density at radius 2 is 2.42 bits per heavy atom.